The highest BCUT2D eigenvalue weighted by atomic mass is 16.6. The highest BCUT2D eigenvalue weighted by Gasteiger charge is 2.32. The van der Waals surface area contributed by atoms with Crippen molar-refractivity contribution in [2.24, 2.45) is 0 Å². The summed E-state index contributed by atoms with van der Waals surface area (Å²) in [5.41, 5.74) is 2.42. The van der Waals surface area contributed by atoms with E-state index >= 15 is 0 Å². The molecule has 178 valence electrons. The molecule has 2 aliphatic rings. The predicted octanol–water partition coefficient (Wildman–Crippen LogP) is 4.28. The number of ether oxygens (including phenoxy) is 1. The molecule has 8 heteroatoms. The molecule has 0 bridgehead atoms. The van der Waals surface area contributed by atoms with Crippen LogP contribution in [0.2, 0.25) is 0 Å². The average Bonchev–Trinajstić information content (AvgIpc) is 3.12. The lowest BCUT2D eigenvalue weighted by molar-refractivity contribution is -0.135. The molecule has 2 aromatic heterocycles. The third kappa shape index (κ3) is 4.13. The van der Waals surface area contributed by atoms with Crippen LogP contribution in [-0.2, 0) is 14.3 Å². The van der Waals surface area contributed by atoms with Crippen molar-refractivity contribution >= 4 is 39.8 Å². The molecule has 1 unspecified atom stereocenters. The number of nitrogens with one attached hydrogen (secondary N) is 1. The van der Waals surface area contributed by atoms with Gasteiger partial charge in [-0.15, -0.1) is 0 Å². The second kappa shape index (κ2) is 8.42. The molecule has 2 fully saturated rings. The highest BCUT2D eigenvalue weighted by Crippen LogP contribution is 2.37. The number of piperidine rings is 2. The Bertz CT molecular complexity index is 1280. The van der Waals surface area contributed by atoms with E-state index in [4.69, 9.17) is 4.74 Å². The average molecular weight is 463 g/mol. The Morgan fingerprint density at radius 2 is 1.85 bits per heavy atom. The van der Waals surface area contributed by atoms with Gasteiger partial charge >= 0.3 is 6.09 Å². The number of hydrogen-bond donors (Lipinski definition) is 1. The number of rotatable bonds is 2. The van der Waals surface area contributed by atoms with Crippen molar-refractivity contribution in [3.8, 4) is 0 Å². The smallest absolute Gasteiger partial charge is 0.410 e. The van der Waals surface area contributed by atoms with Gasteiger partial charge in [0.05, 0.1) is 5.52 Å². The second-order valence-electron chi connectivity index (χ2n) is 10.2. The van der Waals surface area contributed by atoms with Gasteiger partial charge in [-0.1, -0.05) is 6.07 Å². The first-order chi connectivity index (χ1) is 16.2. The Morgan fingerprint density at radius 3 is 2.56 bits per heavy atom. The largest absolute Gasteiger partial charge is 0.444 e. The quantitative estimate of drug-likeness (QED) is 0.574. The van der Waals surface area contributed by atoms with Gasteiger partial charge in [0.2, 0.25) is 11.8 Å². The summed E-state index contributed by atoms with van der Waals surface area (Å²) in [5, 5.41) is 4.52. The summed E-state index contributed by atoms with van der Waals surface area (Å²) < 4.78 is 7.50. The fraction of sp³-hybridized carbons (Fsp3) is 0.462. The molecule has 8 nitrogen and oxygen atoms in total. The minimum atomic E-state index is -0.496. The molecule has 3 amide bonds. The van der Waals surface area contributed by atoms with Gasteiger partial charge < -0.3 is 14.2 Å². The monoisotopic (exact) mass is 462 g/mol. The Hall–Kier alpha value is -3.42. The fourth-order valence-electron chi connectivity index (χ4n) is 5.11. The maximum atomic E-state index is 12.7. The Morgan fingerprint density at radius 1 is 1.09 bits per heavy atom. The number of pyridine rings is 1. The van der Waals surface area contributed by atoms with E-state index in [1.54, 1.807) is 11.1 Å². The Balaban J connectivity index is 1.44. The molecule has 2 saturated heterocycles. The summed E-state index contributed by atoms with van der Waals surface area (Å²) in [7, 11) is 0. The number of amides is 3. The lowest BCUT2D eigenvalue weighted by Gasteiger charge is -2.33. The van der Waals surface area contributed by atoms with Crippen LogP contribution in [0.1, 0.15) is 64.0 Å². The van der Waals surface area contributed by atoms with Crippen molar-refractivity contribution in [1.29, 1.82) is 0 Å². The van der Waals surface area contributed by atoms with Crippen LogP contribution >= 0.6 is 0 Å². The number of carbonyl (C=O) groups is 3. The van der Waals surface area contributed by atoms with Crippen LogP contribution < -0.4 is 5.32 Å². The molecular formula is C26H30N4O4. The molecule has 2 aliphatic heterocycles. The Labute approximate surface area is 198 Å². The van der Waals surface area contributed by atoms with E-state index in [1.165, 1.54) is 5.56 Å². The van der Waals surface area contributed by atoms with Gasteiger partial charge in [0.15, 0.2) is 0 Å². The number of imide groups is 1. The number of hydrogen-bond acceptors (Lipinski definition) is 5. The van der Waals surface area contributed by atoms with Crippen molar-refractivity contribution < 1.29 is 19.1 Å². The summed E-state index contributed by atoms with van der Waals surface area (Å²) in [6.45, 7) is 6.97. The molecule has 34 heavy (non-hydrogen) atoms. The molecule has 1 atom stereocenters. The maximum Gasteiger partial charge on any atom is 0.410 e. The molecule has 5 rings (SSSR count). The zero-order valence-corrected chi connectivity index (χ0v) is 19.8. The molecule has 0 saturated carbocycles. The van der Waals surface area contributed by atoms with E-state index in [0.29, 0.717) is 31.8 Å². The first-order valence-electron chi connectivity index (χ1n) is 11.9. The molecule has 0 radical (unpaired) electrons. The summed E-state index contributed by atoms with van der Waals surface area (Å²) in [5.74, 6) is -0.164. The van der Waals surface area contributed by atoms with Crippen molar-refractivity contribution in [1.82, 2.24) is 19.8 Å². The van der Waals surface area contributed by atoms with E-state index in [1.807, 2.05) is 37.5 Å². The van der Waals surface area contributed by atoms with Crippen molar-refractivity contribution in [2.75, 3.05) is 13.1 Å². The van der Waals surface area contributed by atoms with E-state index in [-0.39, 0.29) is 17.9 Å². The van der Waals surface area contributed by atoms with Crippen LogP contribution in [0.3, 0.4) is 0 Å². The molecule has 0 aliphatic carbocycles. The summed E-state index contributed by atoms with van der Waals surface area (Å²) in [6.07, 6.45) is 4.00. The van der Waals surface area contributed by atoms with Gasteiger partial charge in [-0.25, -0.2) is 9.78 Å². The maximum absolute atomic E-state index is 12.7. The van der Waals surface area contributed by atoms with E-state index in [9.17, 15) is 14.4 Å². The van der Waals surface area contributed by atoms with Crippen molar-refractivity contribution in [3.05, 3.63) is 42.1 Å². The summed E-state index contributed by atoms with van der Waals surface area (Å²) in [6, 6.07) is 9.86. The van der Waals surface area contributed by atoms with Gasteiger partial charge in [0.25, 0.3) is 0 Å². The molecule has 4 heterocycles. The standard InChI is InChI=1S/C26H30N4O4/c1-26(2,3)34-25(33)29-13-10-16(11-14-29)17-6-7-20-19(15-17)18-5-4-12-27-23(18)30(20)21-8-9-22(31)28-24(21)32/h4-7,12,15-16,21H,8-11,13-14H2,1-3H3,(H,28,31,32). The van der Waals surface area contributed by atoms with Crippen LogP contribution in [-0.4, -0.2) is 51.0 Å². The predicted molar refractivity (Wildman–Crippen MR) is 128 cm³/mol. The minimum Gasteiger partial charge on any atom is -0.444 e. The first-order valence-corrected chi connectivity index (χ1v) is 11.9. The first kappa shape index (κ1) is 22.4. The zero-order chi connectivity index (χ0) is 24.0. The van der Waals surface area contributed by atoms with Crippen molar-refractivity contribution in [3.63, 3.8) is 0 Å². The number of aromatic nitrogens is 2. The van der Waals surface area contributed by atoms with E-state index < -0.39 is 11.6 Å². The fourth-order valence-corrected chi connectivity index (χ4v) is 5.11. The van der Waals surface area contributed by atoms with Crippen LogP contribution in [0.25, 0.3) is 21.9 Å². The van der Waals surface area contributed by atoms with Gasteiger partial charge in [-0.2, -0.15) is 0 Å². The number of benzene rings is 1. The lowest BCUT2D eigenvalue weighted by Crippen LogP contribution is -2.41. The van der Waals surface area contributed by atoms with Gasteiger partial charge in [-0.05, 0) is 75.8 Å². The van der Waals surface area contributed by atoms with Gasteiger partial charge in [-0.3, -0.25) is 14.9 Å². The summed E-state index contributed by atoms with van der Waals surface area (Å²) >= 11 is 0. The molecule has 1 N–H and O–H groups in total. The molecular weight excluding hydrogens is 432 g/mol. The second-order valence-corrected chi connectivity index (χ2v) is 10.2. The number of likely N-dealkylation sites (tertiary alicyclic amines) is 1. The number of carbonyl (C=O) groups excluding carboxylic acids is 3. The third-order valence-corrected chi connectivity index (χ3v) is 6.73. The van der Waals surface area contributed by atoms with Crippen LogP contribution in [0.4, 0.5) is 4.79 Å². The number of nitrogens with zero attached hydrogens (tertiary/aromatic N) is 3. The number of fused-ring (bicyclic) bond motifs is 3. The highest BCUT2D eigenvalue weighted by molar-refractivity contribution is 6.09. The third-order valence-electron chi connectivity index (χ3n) is 6.73. The normalized spacial score (nSPS) is 20.1. The topological polar surface area (TPSA) is 93.5 Å². The molecule has 3 aromatic rings. The van der Waals surface area contributed by atoms with Crippen LogP contribution in [0.15, 0.2) is 36.5 Å². The van der Waals surface area contributed by atoms with Crippen LogP contribution in [0, 0.1) is 0 Å². The van der Waals surface area contributed by atoms with E-state index in [0.717, 1.165) is 34.8 Å². The lowest BCUT2D eigenvalue weighted by atomic mass is 9.89. The SMILES string of the molecule is CC(C)(C)OC(=O)N1CCC(c2ccc3c(c2)c2cccnc2n3C2CCC(=O)NC2=O)CC1. The van der Waals surface area contributed by atoms with Crippen molar-refractivity contribution in [2.45, 2.75) is 64.0 Å². The van der Waals surface area contributed by atoms with Gasteiger partial charge in [0, 0.05) is 36.5 Å². The van der Waals surface area contributed by atoms with E-state index in [2.05, 4.69) is 28.5 Å². The zero-order valence-electron chi connectivity index (χ0n) is 19.8. The Kier molecular flexibility index (Phi) is 5.54. The molecule has 1 aromatic carbocycles. The minimum absolute atomic E-state index is 0.227. The summed E-state index contributed by atoms with van der Waals surface area (Å²) in [4.78, 5) is 43.1. The van der Waals surface area contributed by atoms with Gasteiger partial charge in [0.1, 0.15) is 17.3 Å². The molecule has 0 spiro atoms. The van der Waals surface area contributed by atoms with Crippen LogP contribution in [0.5, 0.6) is 0 Å².